The van der Waals surface area contributed by atoms with E-state index in [4.69, 9.17) is 5.73 Å². The fourth-order valence-corrected chi connectivity index (χ4v) is 6.87. The largest absolute Gasteiger partial charge is 0.508 e. The number of phenolic OH excluding ortho intramolecular Hbond substituents is 1. The lowest BCUT2D eigenvalue weighted by atomic mass is 9.61. The highest BCUT2D eigenvalue weighted by Crippen LogP contribution is 2.51. The van der Waals surface area contributed by atoms with Crippen LogP contribution in [0.4, 0.5) is 5.69 Å². The smallest absolute Gasteiger partial charge is 0.225 e. The number of rotatable bonds is 10. The number of aliphatic hydroxyl groups excluding tert-OH is 2. The Morgan fingerprint density at radius 1 is 1.18 bits per heavy atom. The van der Waals surface area contributed by atoms with E-state index in [-0.39, 0.29) is 29.7 Å². The number of fused-ring (bicyclic) bond motifs is 2. The third-order valence-corrected chi connectivity index (χ3v) is 8.98. The molecule has 0 aliphatic heterocycles. The molecule has 1 fully saturated rings. The van der Waals surface area contributed by atoms with E-state index in [9.17, 15) is 34.8 Å². The molecular weight excluding hydrogens is 516 g/mol. The lowest BCUT2D eigenvalue weighted by Gasteiger charge is -2.47. The number of nitrogens with zero attached hydrogens (tertiary/aromatic N) is 2. The normalized spacial score (nSPS) is 25.6. The van der Waals surface area contributed by atoms with E-state index in [2.05, 4.69) is 5.32 Å². The molecule has 11 nitrogen and oxygen atoms in total. The number of primary amides is 1. The number of nitrogens with two attached hydrogens (primary N) is 1. The summed E-state index contributed by atoms with van der Waals surface area (Å²) >= 11 is 0. The molecule has 4 atom stereocenters. The van der Waals surface area contributed by atoms with Gasteiger partial charge in [-0.15, -0.1) is 0 Å². The van der Waals surface area contributed by atoms with Crippen LogP contribution in [0.1, 0.15) is 60.0 Å². The number of phenols is 1. The molecule has 11 heteroatoms. The zero-order valence-electron chi connectivity index (χ0n) is 23.7. The third kappa shape index (κ3) is 5.11. The molecule has 4 rings (SSSR count). The van der Waals surface area contributed by atoms with Crippen LogP contribution >= 0.6 is 0 Å². The van der Waals surface area contributed by atoms with Gasteiger partial charge < -0.3 is 41.3 Å². The number of allylic oxidation sites excluding steroid dienone is 1. The predicted molar refractivity (Wildman–Crippen MR) is 149 cm³/mol. The van der Waals surface area contributed by atoms with Crippen LogP contribution in [0, 0.1) is 11.8 Å². The summed E-state index contributed by atoms with van der Waals surface area (Å²) in [6.07, 6.45) is 3.88. The second-order valence-electron chi connectivity index (χ2n) is 11.9. The summed E-state index contributed by atoms with van der Waals surface area (Å²) in [5.41, 5.74) is 4.46. The third-order valence-electron chi connectivity index (χ3n) is 8.98. The van der Waals surface area contributed by atoms with Gasteiger partial charge in [-0.1, -0.05) is 12.8 Å². The fraction of sp³-hybridized carbons (Fsp3) is 0.621. The molecule has 1 saturated carbocycles. The van der Waals surface area contributed by atoms with Crippen LogP contribution < -0.4 is 16.0 Å². The summed E-state index contributed by atoms with van der Waals surface area (Å²) < 4.78 is 0. The Labute approximate surface area is 234 Å². The number of carbonyl (C=O) groups is 3. The van der Waals surface area contributed by atoms with E-state index in [1.165, 1.54) is 0 Å². The van der Waals surface area contributed by atoms with E-state index < -0.39 is 59.7 Å². The number of aliphatic hydroxyl groups is 3. The monoisotopic (exact) mass is 558 g/mol. The van der Waals surface area contributed by atoms with Gasteiger partial charge in [-0.25, -0.2) is 0 Å². The Morgan fingerprint density at radius 3 is 2.38 bits per heavy atom. The zero-order chi connectivity index (χ0) is 29.5. The van der Waals surface area contributed by atoms with Crippen molar-refractivity contribution in [3.8, 4) is 5.75 Å². The Bertz CT molecular complexity index is 1220. The van der Waals surface area contributed by atoms with Crippen LogP contribution in [-0.2, 0) is 22.6 Å². The molecule has 3 aliphatic rings. The second-order valence-corrected chi connectivity index (χ2v) is 11.9. The predicted octanol–water partition coefficient (Wildman–Crippen LogP) is 0.776. The van der Waals surface area contributed by atoms with E-state index in [1.807, 2.05) is 25.1 Å². The first-order valence-corrected chi connectivity index (χ1v) is 13.9. The first kappa shape index (κ1) is 30.0. The summed E-state index contributed by atoms with van der Waals surface area (Å²) in [6.45, 7) is -0.0821. The number of ketones is 2. The first-order chi connectivity index (χ1) is 18.8. The van der Waals surface area contributed by atoms with Gasteiger partial charge in [-0.3, -0.25) is 14.4 Å². The summed E-state index contributed by atoms with van der Waals surface area (Å²) in [5, 5.41) is 48.3. The van der Waals surface area contributed by atoms with E-state index in [1.54, 1.807) is 19.0 Å². The average molecular weight is 559 g/mol. The molecule has 1 aromatic carbocycles. The van der Waals surface area contributed by atoms with Gasteiger partial charge in [0.25, 0.3) is 0 Å². The Kier molecular flexibility index (Phi) is 8.60. The van der Waals surface area contributed by atoms with Gasteiger partial charge in [0.1, 0.15) is 11.5 Å². The molecular formula is C29H42N4O7. The number of hydrogen-bond donors (Lipinski definition) is 6. The quantitative estimate of drug-likeness (QED) is 0.225. The Hall–Kier alpha value is -2.99. The lowest BCUT2D eigenvalue weighted by molar-refractivity contribution is -0.151. The number of anilines is 1. The highest BCUT2D eigenvalue weighted by Gasteiger charge is 2.58. The van der Waals surface area contributed by atoms with Gasteiger partial charge >= 0.3 is 0 Å². The fourth-order valence-electron chi connectivity index (χ4n) is 6.87. The van der Waals surface area contributed by atoms with Crippen LogP contribution in [0.15, 0.2) is 17.4 Å². The van der Waals surface area contributed by atoms with Crippen molar-refractivity contribution in [2.45, 2.75) is 69.2 Å². The van der Waals surface area contributed by atoms with Crippen LogP contribution in [0.25, 0.3) is 0 Å². The molecule has 0 bridgehead atoms. The minimum atomic E-state index is -2.62. The number of Topliss-reactive ketones (excluding diaryl/α,β-unsaturated/α-hetero) is 2. The van der Waals surface area contributed by atoms with Crippen molar-refractivity contribution in [3.05, 3.63) is 34.1 Å². The second kappa shape index (κ2) is 11.5. The van der Waals surface area contributed by atoms with E-state index in [0.29, 0.717) is 23.7 Å². The van der Waals surface area contributed by atoms with Crippen molar-refractivity contribution in [2.75, 3.05) is 39.7 Å². The molecule has 7 N–H and O–H groups in total. The van der Waals surface area contributed by atoms with Crippen molar-refractivity contribution in [1.82, 2.24) is 10.2 Å². The highest BCUT2D eigenvalue weighted by atomic mass is 16.3. The minimum absolute atomic E-state index is 0.0432. The highest BCUT2D eigenvalue weighted by molar-refractivity contribution is 6.15. The van der Waals surface area contributed by atoms with Crippen LogP contribution in [0.5, 0.6) is 5.75 Å². The van der Waals surface area contributed by atoms with Crippen molar-refractivity contribution < 1.29 is 34.8 Å². The maximum atomic E-state index is 14.1. The van der Waals surface area contributed by atoms with Crippen molar-refractivity contribution in [2.24, 2.45) is 17.6 Å². The van der Waals surface area contributed by atoms with Gasteiger partial charge in [0.05, 0.1) is 18.6 Å². The van der Waals surface area contributed by atoms with Crippen molar-refractivity contribution >= 4 is 23.2 Å². The topological polar surface area (TPSA) is 177 Å². The molecule has 220 valence electrons. The maximum absolute atomic E-state index is 14.1. The molecule has 0 aromatic heterocycles. The van der Waals surface area contributed by atoms with Gasteiger partial charge in [0, 0.05) is 55.5 Å². The Morgan fingerprint density at radius 2 is 1.82 bits per heavy atom. The minimum Gasteiger partial charge on any atom is -0.508 e. The number of aromatic hydroxyl groups is 1. The average Bonchev–Trinajstić information content (AvgIpc) is 3.39. The zero-order valence-corrected chi connectivity index (χ0v) is 23.7. The van der Waals surface area contributed by atoms with Gasteiger partial charge in [0.15, 0.2) is 17.2 Å². The summed E-state index contributed by atoms with van der Waals surface area (Å²) in [4.78, 5) is 42.5. The SMILES string of the molecule is CN(C)c1cc(CNC2CCCC2)c(O)c2c1C[C@H]1C[C@@H]([C@@H](CO)N(C)C)[C@@](O)(C(=O)CC(N)=O)C(O)=C1C2=O. The molecule has 1 amide bonds. The number of carbonyl (C=O) groups excluding carboxylic acids is 3. The molecule has 3 aliphatic carbocycles. The van der Waals surface area contributed by atoms with E-state index in [0.717, 1.165) is 31.4 Å². The van der Waals surface area contributed by atoms with Crippen LogP contribution in [0.2, 0.25) is 0 Å². The van der Waals surface area contributed by atoms with Crippen LogP contribution in [0.3, 0.4) is 0 Å². The van der Waals surface area contributed by atoms with Crippen molar-refractivity contribution in [3.63, 3.8) is 0 Å². The number of benzene rings is 1. The van der Waals surface area contributed by atoms with Crippen molar-refractivity contribution in [1.29, 1.82) is 0 Å². The van der Waals surface area contributed by atoms with Gasteiger partial charge in [-0.05, 0) is 57.3 Å². The Balaban J connectivity index is 1.86. The molecule has 0 unspecified atom stereocenters. The van der Waals surface area contributed by atoms with Crippen LogP contribution in [-0.4, -0.2) is 95.3 Å². The number of amides is 1. The molecule has 0 spiro atoms. The van der Waals surface area contributed by atoms with Gasteiger partial charge in [-0.2, -0.15) is 0 Å². The first-order valence-electron chi connectivity index (χ1n) is 13.9. The molecule has 40 heavy (non-hydrogen) atoms. The summed E-state index contributed by atoms with van der Waals surface area (Å²) in [5.74, 6) is -5.35. The summed E-state index contributed by atoms with van der Waals surface area (Å²) in [6, 6.07) is 1.44. The standard InChI is InChI=1S/C29H42N4O7/c1-32(2)20-11-16(13-31-17-7-5-6-8-17)26(37)25-18(20)9-15-10-19(21(14-34)33(3)4)29(40,22(35)12-23(30)36)28(39)24(15)27(25)38/h11,15,17,19,21,31,34,37,39-40H,5-10,12-14H2,1-4H3,(H2,30,36)/t15-,19-,21+,29+/m0/s1. The van der Waals surface area contributed by atoms with E-state index >= 15 is 0 Å². The number of nitrogens with one attached hydrogen (secondary N) is 1. The molecule has 0 heterocycles. The summed E-state index contributed by atoms with van der Waals surface area (Å²) in [7, 11) is 7.04. The number of likely N-dealkylation sites (N-methyl/N-ethyl adjacent to an activating group) is 1. The molecule has 0 saturated heterocycles. The van der Waals surface area contributed by atoms with Gasteiger partial charge in [0.2, 0.25) is 5.91 Å². The molecule has 1 aromatic rings. The number of hydrogen-bond acceptors (Lipinski definition) is 10. The lowest BCUT2D eigenvalue weighted by Crippen LogP contribution is -2.60. The maximum Gasteiger partial charge on any atom is 0.225 e. The molecule has 0 radical (unpaired) electrons.